The second kappa shape index (κ2) is 12.7. The molecule has 11 nitrogen and oxygen atoms in total. The topological polar surface area (TPSA) is 142 Å². The smallest absolute Gasteiger partial charge is 0.275 e. The molecule has 3 heterocycles. The zero-order valence-corrected chi connectivity index (χ0v) is 25.9. The van der Waals surface area contributed by atoms with Crippen LogP contribution in [0.3, 0.4) is 0 Å². The zero-order chi connectivity index (χ0) is 30.6. The highest BCUT2D eigenvalue weighted by Gasteiger charge is 2.52. The number of nitrogens with one attached hydrogen (secondary N) is 2. The Kier molecular flexibility index (Phi) is 8.98. The SMILES string of the molecule is CC(C)C1CCC2(CC1)N=C(c1cncnc1)C(=O)N2[C@H](CCCC(C)(C)C)c1ccc(C(=O)NCc2nn[nH]n2)cc1. The fourth-order valence-electron chi connectivity index (χ4n) is 6.42. The molecule has 43 heavy (non-hydrogen) atoms. The molecule has 2 amide bonds. The maximum Gasteiger partial charge on any atom is 0.275 e. The number of benzene rings is 1. The van der Waals surface area contributed by atoms with Crippen LogP contribution in [0.1, 0.15) is 113 Å². The summed E-state index contributed by atoms with van der Waals surface area (Å²) in [5, 5.41) is 16.5. The van der Waals surface area contributed by atoms with Crippen LogP contribution in [0.5, 0.6) is 0 Å². The Morgan fingerprint density at radius 2 is 1.81 bits per heavy atom. The molecular weight excluding hydrogens is 542 g/mol. The number of carbonyl (C=O) groups excluding carboxylic acids is 2. The summed E-state index contributed by atoms with van der Waals surface area (Å²) in [5.74, 6) is 1.33. The molecule has 0 radical (unpaired) electrons. The summed E-state index contributed by atoms with van der Waals surface area (Å²) in [6, 6.07) is 7.43. The first-order valence-electron chi connectivity index (χ1n) is 15.4. The van der Waals surface area contributed by atoms with Crippen LogP contribution in [-0.2, 0) is 11.3 Å². The van der Waals surface area contributed by atoms with Gasteiger partial charge in [0, 0.05) is 23.5 Å². The standard InChI is InChI=1S/C32H43N9O2/c1-21(2)22-12-15-32(16-13-22)36-28(25-17-33-20-34-18-25)30(43)41(32)26(7-6-14-31(3,4)5)23-8-10-24(11-9-23)29(42)35-19-27-37-39-40-38-27/h8-11,17-18,20-22,26H,6-7,12-16,19H2,1-5H3,(H,35,42)(H,37,38,39,40)/t22?,26-,32?/m1/s1. The lowest BCUT2D eigenvalue weighted by Gasteiger charge is -2.46. The lowest BCUT2D eigenvalue weighted by atomic mass is 9.75. The molecule has 2 aliphatic rings. The summed E-state index contributed by atoms with van der Waals surface area (Å²) >= 11 is 0. The summed E-state index contributed by atoms with van der Waals surface area (Å²) in [4.78, 5) is 42.9. The average Bonchev–Trinajstić information content (AvgIpc) is 3.61. The van der Waals surface area contributed by atoms with Gasteiger partial charge in [-0.25, -0.2) is 9.97 Å². The molecule has 228 valence electrons. The summed E-state index contributed by atoms with van der Waals surface area (Å²) in [7, 11) is 0. The van der Waals surface area contributed by atoms with E-state index in [1.165, 1.54) is 6.33 Å². The molecule has 1 aliphatic carbocycles. The molecule has 1 fully saturated rings. The predicted molar refractivity (Wildman–Crippen MR) is 163 cm³/mol. The van der Waals surface area contributed by atoms with Crippen molar-refractivity contribution in [1.29, 1.82) is 0 Å². The van der Waals surface area contributed by atoms with Gasteiger partial charge in [-0.1, -0.05) is 58.4 Å². The number of nitrogens with zero attached hydrogens (tertiary/aromatic N) is 7. The second-order valence-electron chi connectivity index (χ2n) is 13.4. The van der Waals surface area contributed by atoms with E-state index in [0.29, 0.717) is 34.5 Å². The molecule has 2 N–H and O–H groups in total. The minimum Gasteiger partial charge on any atom is -0.345 e. The van der Waals surface area contributed by atoms with E-state index in [9.17, 15) is 9.59 Å². The van der Waals surface area contributed by atoms with Crippen LogP contribution in [0.4, 0.5) is 0 Å². The van der Waals surface area contributed by atoms with Crippen molar-refractivity contribution in [3.63, 3.8) is 0 Å². The van der Waals surface area contributed by atoms with E-state index in [4.69, 9.17) is 4.99 Å². The van der Waals surface area contributed by atoms with Gasteiger partial charge >= 0.3 is 0 Å². The van der Waals surface area contributed by atoms with E-state index in [-0.39, 0.29) is 29.8 Å². The number of aromatic amines is 1. The summed E-state index contributed by atoms with van der Waals surface area (Å²) in [5.41, 5.74) is 2.20. The maximum atomic E-state index is 14.4. The van der Waals surface area contributed by atoms with Crippen molar-refractivity contribution >= 4 is 17.5 Å². The fourth-order valence-corrected chi connectivity index (χ4v) is 6.42. The highest BCUT2D eigenvalue weighted by molar-refractivity contribution is 6.46. The monoisotopic (exact) mass is 585 g/mol. The Morgan fingerprint density at radius 3 is 2.42 bits per heavy atom. The number of aliphatic imine (C=N–C) groups is 1. The molecule has 3 aromatic rings. The van der Waals surface area contributed by atoms with Crippen molar-refractivity contribution in [1.82, 2.24) is 40.8 Å². The van der Waals surface area contributed by atoms with Crippen LogP contribution in [0.2, 0.25) is 0 Å². The Balaban J connectivity index is 1.46. The van der Waals surface area contributed by atoms with Crippen LogP contribution in [0.15, 0.2) is 48.0 Å². The first-order valence-corrected chi connectivity index (χ1v) is 15.4. The molecule has 2 aromatic heterocycles. The van der Waals surface area contributed by atoms with E-state index < -0.39 is 5.66 Å². The van der Waals surface area contributed by atoms with Crippen LogP contribution < -0.4 is 5.32 Å². The van der Waals surface area contributed by atoms with Crippen molar-refractivity contribution < 1.29 is 9.59 Å². The van der Waals surface area contributed by atoms with E-state index in [1.807, 2.05) is 24.3 Å². The van der Waals surface area contributed by atoms with Crippen LogP contribution in [0, 0.1) is 17.3 Å². The quantitative estimate of drug-likeness (QED) is 0.339. The number of hydrogen-bond donors (Lipinski definition) is 2. The van der Waals surface area contributed by atoms with Crippen molar-refractivity contribution in [3.05, 3.63) is 65.5 Å². The fraction of sp³-hybridized carbons (Fsp3) is 0.562. The zero-order valence-electron chi connectivity index (χ0n) is 25.9. The molecule has 1 atom stereocenters. The highest BCUT2D eigenvalue weighted by Crippen LogP contribution is 2.48. The Morgan fingerprint density at radius 1 is 1.12 bits per heavy atom. The first-order chi connectivity index (χ1) is 20.6. The number of rotatable bonds is 10. The van der Waals surface area contributed by atoms with Gasteiger partial charge in [-0.3, -0.25) is 14.6 Å². The molecule has 1 aliphatic heterocycles. The van der Waals surface area contributed by atoms with Gasteiger partial charge in [0.1, 0.15) is 17.7 Å². The molecule has 1 aromatic carbocycles. The number of H-pyrrole nitrogens is 1. The van der Waals surface area contributed by atoms with Gasteiger partial charge in [-0.2, -0.15) is 5.21 Å². The Labute approximate surface area is 253 Å². The number of tetrazole rings is 1. The number of aromatic nitrogens is 6. The lowest BCUT2D eigenvalue weighted by Crippen LogP contribution is -2.51. The van der Waals surface area contributed by atoms with E-state index in [1.54, 1.807) is 12.4 Å². The van der Waals surface area contributed by atoms with Crippen LogP contribution >= 0.6 is 0 Å². The Hall–Kier alpha value is -4.02. The Bertz CT molecular complexity index is 1410. The van der Waals surface area contributed by atoms with Crippen LogP contribution in [-0.4, -0.2) is 58.7 Å². The number of carbonyl (C=O) groups is 2. The summed E-state index contributed by atoms with van der Waals surface area (Å²) in [6.07, 6.45) is 11.3. The van der Waals surface area contributed by atoms with Crippen molar-refractivity contribution in [2.45, 2.75) is 97.8 Å². The lowest BCUT2D eigenvalue weighted by molar-refractivity contribution is -0.133. The van der Waals surface area contributed by atoms with E-state index in [2.05, 4.69) is 75.4 Å². The van der Waals surface area contributed by atoms with Gasteiger partial charge in [0.05, 0.1) is 12.6 Å². The number of amides is 2. The number of hydrogen-bond acceptors (Lipinski definition) is 8. The molecule has 0 unspecified atom stereocenters. The van der Waals surface area contributed by atoms with Gasteiger partial charge in [-0.05, 0) is 73.5 Å². The third-order valence-corrected chi connectivity index (χ3v) is 8.87. The summed E-state index contributed by atoms with van der Waals surface area (Å²) < 4.78 is 0. The van der Waals surface area contributed by atoms with Gasteiger partial charge in [0.2, 0.25) is 0 Å². The normalized spacial score (nSPS) is 21.3. The molecule has 0 saturated heterocycles. The largest absolute Gasteiger partial charge is 0.345 e. The van der Waals surface area contributed by atoms with Crippen LogP contribution in [0.25, 0.3) is 0 Å². The third-order valence-electron chi connectivity index (χ3n) is 8.87. The maximum absolute atomic E-state index is 14.4. The second-order valence-corrected chi connectivity index (χ2v) is 13.4. The van der Waals surface area contributed by atoms with Gasteiger partial charge in [0.15, 0.2) is 5.82 Å². The van der Waals surface area contributed by atoms with Gasteiger partial charge in [0.25, 0.3) is 11.8 Å². The molecule has 11 heteroatoms. The minimum absolute atomic E-state index is 0.0690. The van der Waals surface area contributed by atoms with E-state index in [0.717, 1.165) is 50.5 Å². The third kappa shape index (κ3) is 6.97. The predicted octanol–water partition coefficient (Wildman–Crippen LogP) is 5.05. The molecule has 0 bridgehead atoms. The highest BCUT2D eigenvalue weighted by atomic mass is 16.2. The van der Waals surface area contributed by atoms with Crippen molar-refractivity contribution in [3.8, 4) is 0 Å². The summed E-state index contributed by atoms with van der Waals surface area (Å²) in [6.45, 7) is 11.5. The van der Waals surface area contributed by atoms with E-state index >= 15 is 0 Å². The molecule has 5 rings (SSSR count). The van der Waals surface area contributed by atoms with Gasteiger partial charge in [-0.15, -0.1) is 10.2 Å². The first kappa shape index (κ1) is 30.4. The van der Waals surface area contributed by atoms with Gasteiger partial charge < -0.3 is 10.2 Å². The van der Waals surface area contributed by atoms with Crippen molar-refractivity contribution in [2.75, 3.05) is 0 Å². The molecular formula is C32H43N9O2. The average molecular weight is 586 g/mol. The molecule has 1 saturated carbocycles. The molecule has 1 spiro atoms. The minimum atomic E-state index is -0.610. The van der Waals surface area contributed by atoms with Crippen molar-refractivity contribution in [2.24, 2.45) is 22.2 Å².